The predicted molar refractivity (Wildman–Crippen MR) is 154 cm³/mol. The second-order valence-corrected chi connectivity index (χ2v) is 10.4. The van der Waals surface area contributed by atoms with Crippen LogP contribution in [0.5, 0.6) is 0 Å². The van der Waals surface area contributed by atoms with Crippen LogP contribution in [0.1, 0.15) is 40.7 Å². The van der Waals surface area contributed by atoms with Crippen LogP contribution in [0.15, 0.2) is 66.7 Å². The first-order valence-electron chi connectivity index (χ1n) is 13.7. The molecule has 0 aromatic heterocycles. The van der Waals surface area contributed by atoms with E-state index in [0.29, 0.717) is 37.4 Å². The molecule has 1 saturated carbocycles. The zero-order valence-electron chi connectivity index (χ0n) is 22.6. The maximum atomic E-state index is 13.4. The Morgan fingerprint density at radius 1 is 0.875 bits per heavy atom. The van der Waals surface area contributed by atoms with Crippen molar-refractivity contribution in [3.8, 4) is 0 Å². The van der Waals surface area contributed by atoms with Gasteiger partial charge in [0.25, 0.3) is 5.91 Å². The summed E-state index contributed by atoms with van der Waals surface area (Å²) in [6.45, 7) is 4.53. The molecule has 0 atom stereocenters. The molecule has 208 valence electrons. The SMILES string of the molecule is Cc1cccc(NC(=O)N2CCCN(c3ccc(NC(=O)C4CC4)cc3C(=O)NCc3ccc(F)cc3)CC2)c1. The van der Waals surface area contributed by atoms with Gasteiger partial charge in [-0.3, -0.25) is 9.59 Å². The van der Waals surface area contributed by atoms with Gasteiger partial charge in [-0.15, -0.1) is 0 Å². The standard InChI is InChI=1S/C31H34FN5O3/c1-21-4-2-5-25(18-21)35-31(40)37-15-3-14-36(16-17-37)28-13-12-26(34-29(38)23-8-9-23)19-27(28)30(39)33-20-22-6-10-24(32)11-7-22/h2,4-7,10-13,18-19,23H,3,8-9,14-17,20H2,1H3,(H,33,39)(H,34,38)(H,35,40). The predicted octanol–water partition coefficient (Wildman–Crippen LogP) is 5.16. The van der Waals surface area contributed by atoms with Crippen LogP contribution in [0.25, 0.3) is 0 Å². The summed E-state index contributed by atoms with van der Waals surface area (Å²) in [7, 11) is 0. The Morgan fingerprint density at radius 2 is 1.65 bits per heavy atom. The second kappa shape index (κ2) is 12.2. The Bertz CT molecular complexity index is 1390. The monoisotopic (exact) mass is 543 g/mol. The summed E-state index contributed by atoms with van der Waals surface area (Å²) in [6.07, 6.45) is 2.51. The smallest absolute Gasteiger partial charge is 0.321 e. The quantitative estimate of drug-likeness (QED) is 0.384. The fourth-order valence-electron chi connectivity index (χ4n) is 4.83. The number of nitrogens with one attached hydrogen (secondary N) is 3. The molecular formula is C31H34FN5O3. The van der Waals surface area contributed by atoms with Gasteiger partial charge in [-0.05, 0) is 79.8 Å². The highest BCUT2D eigenvalue weighted by molar-refractivity contribution is 6.02. The molecule has 4 amide bonds. The van der Waals surface area contributed by atoms with Gasteiger partial charge in [0.1, 0.15) is 5.82 Å². The third-order valence-electron chi connectivity index (χ3n) is 7.22. The molecule has 0 unspecified atom stereocenters. The highest BCUT2D eigenvalue weighted by Gasteiger charge is 2.30. The summed E-state index contributed by atoms with van der Waals surface area (Å²) >= 11 is 0. The number of rotatable bonds is 7. The van der Waals surface area contributed by atoms with Gasteiger partial charge in [0.2, 0.25) is 5.91 Å². The van der Waals surface area contributed by atoms with Crippen molar-refractivity contribution in [3.63, 3.8) is 0 Å². The molecule has 1 saturated heterocycles. The Morgan fingerprint density at radius 3 is 2.40 bits per heavy atom. The van der Waals surface area contributed by atoms with Crippen LogP contribution in [-0.2, 0) is 11.3 Å². The third kappa shape index (κ3) is 6.97. The van der Waals surface area contributed by atoms with Crippen molar-refractivity contribution in [2.45, 2.75) is 32.7 Å². The molecule has 9 heteroatoms. The highest BCUT2D eigenvalue weighted by atomic mass is 19.1. The van der Waals surface area contributed by atoms with Crippen LogP contribution in [-0.4, -0.2) is 48.9 Å². The fourth-order valence-corrected chi connectivity index (χ4v) is 4.83. The van der Waals surface area contributed by atoms with E-state index < -0.39 is 0 Å². The van der Waals surface area contributed by atoms with E-state index in [2.05, 4.69) is 20.9 Å². The van der Waals surface area contributed by atoms with Crippen LogP contribution in [0.4, 0.5) is 26.2 Å². The summed E-state index contributed by atoms with van der Waals surface area (Å²) in [5.74, 6) is -0.618. The number of halogens is 1. The molecular weight excluding hydrogens is 509 g/mol. The Hall–Kier alpha value is -4.40. The normalized spacial score (nSPS) is 15.2. The van der Waals surface area contributed by atoms with E-state index in [-0.39, 0.29) is 36.1 Å². The van der Waals surface area contributed by atoms with Crippen molar-refractivity contribution < 1.29 is 18.8 Å². The minimum atomic E-state index is -0.334. The zero-order valence-corrected chi connectivity index (χ0v) is 22.6. The summed E-state index contributed by atoms with van der Waals surface area (Å²) in [4.78, 5) is 42.7. The molecule has 40 heavy (non-hydrogen) atoms. The van der Waals surface area contributed by atoms with E-state index in [1.165, 1.54) is 12.1 Å². The number of urea groups is 1. The fraction of sp³-hybridized carbons (Fsp3) is 0.323. The molecule has 3 aromatic rings. The molecule has 1 aliphatic carbocycles. The Balaban J connectivity index is 1.30. The van der Waals surface area contributed by atoms with Crippen LogP contribution in [0.2, 0.25) is 0 Å². The van der Waals surface area contributed by atoms with E-state index in [1.54, 1.807) is 23.1 Å². The average Bonchev–Trinajstić information content (AvgIpc) is 3.80. The summed E-state index contributed by atoms with van der Waals surface area (Å²) < 4.78 is 13.3. The van der Waals surface area contributed by atoms with Gasteiger partial charge >= 0.3 is 6.03 Å². The number of anilines is 3. The molecule has 0 spiro atoms. The summed E-state index contributed by atoms with van der Waals surface area (Å²) in [5.41, 5.74) is 4.35. The number of aryl methyl sites for hydroxylation is 1. The van der Waals surface area contributed by atoms with Crippen molar-refractivity contribution in [2.75, 3.05) is 41.7 Å². The molecule has 0 radical (unpaired) electrons. The Kier molecular flexibility index (Phi) is 8.28. The lowest BCUT2D eigenvalue weighted by molar-refractivity contribution is -0.117. The highest BCUT2D eigenvalue weighted by Crippen LogP contribution is 2.31. The van der Waals surface area contributed by atoms with Gasteiger partial charge in [-0.2, -0.15) is 0 Å². The maximum Gasteiger partial charge on any atom is 0.321 e. The van der Waals surface area contributed by atoms with E-state index >= 15 is 0 Å². The lowest BCUT2D eigenvalue weighted by Crippen LogP contribution is -2.38. The number of hydrogen-bond acceptors (Lipinski definition) is 4. The molecule has 3 N–H and O–H groups in total. The largest absolute Gasteiger partial charge is 0.369 e. The first-order chi connectivity index (χ1) is 19.4. The van der Waals surface area contributed by atoms with E-state index in [4.69, 9.17) is 0 Å². The van der Waals surface area contributed by atoms with Crippen molar-refractivity contribution in [1.82, 2.24) is 10.2 Å². The van der Waals surface area contributed by atoms with E-state index in [0.717, 1.165) is 41.8 Å². The number of nitrogens with zero attached hydrogens (tertiary/aromatic N) is 2. The average molecular weight is 544 g/mol. The van der Waals surface area contributed by atoms with Crippen molar-refractivity contribution in [3.05, 3.63) is 89.2 Å². The van der Waals surface area contributed by atoms with E-state index in [9.17, 15) is 18.8 Å². The maximum absolute atomic E-state index is 13.4. The molecule has 3 aromatic carbocycles. The number of benzene rings is 3. The molecule has 2 fully saturated rings. The van der Waals surface area contributed by atoms with Gasteiger partial charge in [0.15, 0.2) is 0 Å². The van der Waals surface area contributed by atoms with Gasteiger partial charge in [0, 0.05) is 55.7 Å². The van der Waals surface area contributed by atoms with Crippen LogP contribution >= 0.6 is 0 Å². The first-order valence-corrected chi connectivity index (χ1v) is 13.7. The minimum Gasteiger partial charge on any atom is -0.369 e. The first kappa shape index (κ1) is 27.2. The van der Waals surface area contributed by atoms with Crippen LogP contribution in [0.3, 0.4) is 0 Å². The van der Waals surface area contributed by atoms with Gasteiger partial charge in [0.05, 0.1) is 5.56 Å². The van der Waals surface area contributed by atoms with Gasteiger partial charge in [-0.25, -0.2) is 9.18 Å². The molecule has 2 aliphatic rings. The third-order valence-corrected chi connectivity index (χ3v) is 7.22. The van der Waals surface area contributed by atoms with Gasteiger partial charge in [-0.1, -0.05) is 24.3 Å². The molecule has 0 bridgehead atoms. The summed E-state index contributed by atoms with van der Waals surface area (Å²) in [6, 6.07) is 18.9. The molecule has 1 heterocycles. The molecule has 5 rings (SSSR count). The second-order valence-electron chi connectivity index (χ2n) is 10.4. The molecule has 1 aliphatic heterocycles. The Labute approximate surface area is 233 Å². The van der Waals surface area contributed by atoms with Crippen molar-refractivity contribution in [1.29, 1.82) is 0 Å². The zero-order chi connectivity index (χ0) is 28.1. The number of carbonyl (C=O) groups excluding carboxylic acids is 3. The lowest BCUT2D eigenvalue weighted by atomic mass is 10.1. The summed E-state index contributed by atoms with van der Waals surface area (Å²) in [5, 5.41) is 8.84. The van der Waals surface area contributed by atoms with E-state index in [1.807, 2.05) is 43.3 Å². The number of amides is 4. The van der Waals surface area contributed by atoms with Crippen LogP contribution < -0.4 is 20.9 Å². The lowest BCUT2D eigenvalue weighted by Gasteiger charge is -2.26. The molecule has 8 nitrogen and oxygen atoms in total. The van der Waals surface area contributed by atoms with Gasteiger partial charge < -0.3 is 25.8 Å². The topological polar surface area (TPSA) is 93.8 Å². The minimum absolute atomic E-state index is 0.0320. The number of hydrogen-bond donors (Lipinski definition) is 3. The van der Waals surface area contributed by atoms with Crippen LogP contribution in [0, 0.1) is 18.7 Å². The number of carbonyl (C=O) groups is 3. The van der Waals surface area contributed by atoms with Crippen molar-refractivity contribution >= 4 is 34.9 Å². The van der Waals surface area contributed by atoms with Crippen molar-refractivity contribution in [2.24, 2.45) is 5.92 Å².